The Kier molecular flexibility index (Phi) is 7.21. The number of halogens is 4. The summed E-state index contributed by atoms with van der Waals surface area (Å²) in [5, 5.41) is 6.90. The van der Waals surface area contributed by atoms with E-state index in [4.69, 9.17) is 0 Å². The van der Waals surface area contributed by atoms with E-state index in [0.717, 1.165) is 11.3 Å². The molecule has 0 aliphatic carbocycles. The summed E-state index contributed by atoms with van der Waals surface area (Å²) in [4.78, 5) is 27.7. The molecule has 2 N–H and O–H groups in total. The summed E-state index contributed by atoms with van der Waals surface area (Å²) >= 11 is 1.10. The first kappa shape index (κ1) is 23.4. The molecule has 11 heteroatoms. The average molecular weight is 467 g/mol. The van der Waals surface area contributed by atoms with Crippen molar-refractivity contribution in [2.45, 2.75) is 19.7 Å². The highest BCUT2D eigenvalue weighted by atomic mass is 32.1. The third-order valence-electron chi connectivity index (χ3n) is 4.04. The molecule has 0 bridgehead atoms. The van der Waals surface area contributed by atoms with E-state index in [1.54, 1.807) is 5.38 Å². The maximum Gasteiger partial charge on any atom is 0.411 e. The van der Waals surface area contributed by atoms with E-state index in [-0.39, 0.29) is 28.8 Å². The zero-order valence-electron chi connectivity index (χ0n) is 16.6. The Balaban J connectivity index is 1.61. The SMILES string of the molecule is CC(=O)Nc1ccc(-c2csc(NC(=O)c3ccc(COCC(F)(F)F)cc3)n2)c(F)c1. The van der Waals surface area contributed by atoms with Gasteiger partial charge in [0.2, 0.25) is 5.91 Å². The minimum Gasteiger partial charge on any atom is -0.367 e. The van der Waals surface area contributed by atoms with Crippen LogP contribution in [0.5, 0.6) is 0 Å². The number of nitrogens with one attached hydrogen (secondary N) is 2. The molecular formula is C21H17F4N3O3S. The lowest BCUT2D eigenvalue weighted by molar-refractivity contribution is -0.176. The highest BCUT2D eigenvalue weighted by Crippen LogP contribution is 2.29. The van der Waals surface area contributed by atoms with E-state index in [2.05, 4.69) is 20.4 Å². The molecule has 0 saturated carbocycles. The van der Waals surface area contributed by atoms with Gasteiger partial charge in [-0.2, -0.15) is 13.2 Å². The molecule has 1 aromatic heterocycles. The number of ether oxygens (including phenoxy) is 1. The summed E-state index contributed by atoms with van der Waals surface area (Å²) in [6, 6.07) is 10.1. The highest BCUT2D eigenvalue weighted by Gasteiger charge is 2.27. The zero-order valence-corrected chi connectivity index (χ0v) is 17.4. The first-order valence-electron chi connectivity index (χ1n) is 9.18. The van der Waals surface area contributed by atoms with Gasteiger partial charge in [-0.3, -0.25) is 14.9 Å². The second-order valence-electron chi connectivity index (χ2n) is 6.67. The van der Waals surface area contributed by atoms with Gasteiger partial charge in [0.25, 0.3) is 5.91 Å². The van der Waals surface area contributed by atoms with E-state index >= 15 is 0 Å². The predicted octanol–water partition coefficient (Wildman–Crippen LogP) is 5.24. The van der Waals surface area contributed by atoms with Crippen LogP contribution in [0.25, 0.3) is 11.3 Å². The summed E-state index contributed by atoms with van der Waals surface area (Å²) in [5.41, 5.74) is 1.59. The van der Waals surface area contributed by atoms with Crippen molar-refractivity contribution in [1.82, 2.24) is 4.98 Å². The number of aromatic nitrogens is 1. The Morgan fingerprint density at radius 1 is 1.09 bits per heavy atom. The lowest BCUT2D eigenvalue weighted by Gasteiger charge is -2.08. The van der Waals surface area contributed by atoms with Crippen LogP contribution in [0.1, 0.15) is 22.8 Å². The lowest BCUT2D eigenvalue weighted by atomic mass is 10.1. The van der Waals surface area contributed by atoms with Crippen molar-refractivity contribution in [3.8, 4) is 11.3 Å². The number of amides is 2. The summed E-state index contributed by atoms with van der Waals surface area (Å²) in [6.07, 6.45) is -4.40. The van der Waals surface area contributed by atoms with Crippen LogP contribution < -0.4 is 10.6 Å². The topological polar surface area (TPSA) is 80.3 Å². The van der Waals surface area contributed by atoms with Crippen LogP contribution in [-0.4, -0.2) is 29.6 Å². The van der Waals surface area contributed by atoms with Gasteiger partial charge in [-0.1, -0.05) is 12.1 Å². The smallest absolute Gasteiger partial charge is 0.367 e. The standard InChI is InChI=1S/C21H17F4N3O3S/c1-12(29)26-15-6-7-16(17(22)8-15)18-10-32-20(27-18)28-19(30)14-4-2-13(3-5-14)9-31-11-21(23,24)25/h2-8,10H,9,11H2,1H3,(H,26,29)(H,27,28,30). The van der Waals surface area contributed by atoms with Crippen molar-refractivity contribution in [2.75, 3.05) is 17.2 Å². The second-order valence-corrected chi connectivity index (χ2v) is 7.53. The number of carbonyl (C=O) groups excluding carboxylic acids is 2. The van der Waals surface area contributed by atoms with Crippen LogP contribution in [0.2, 0.25) is 0 Å². The third-order valence-corrected chi connectivity index (χ3v) is 4.80. The molecule has 3 aromatic rings. The molecule has 3 rings (SSSR count). The van der Waals surface area contributed by atoms with Gasteiger partial charge >= 0.3 is 6.18 Å². The van der Waals surface area contributed by atoms with Crippen LogP contribution in [0, 0.1) is 5.82 Å². The van der Waals surface area contributed by atoms with Crippen LogP contribution in [0.4, 0.5) is 28.4 Å². The van der Waals surface area contributed by atoms with Gasteiger partial charge < -0.3 is 10.1 Å². The van der Waals surface area contributed by atoms with Gasteiger partial charge in [0, 0.05) is 29.1 Å². The molecule has 0 aliphatic rings. The highest BCUT2D eigenvalue weighted by molar-refractivity contribution is 7.14. The number of anilines is 2. The molecule has 0 spiro atoms. The maximum atomic E-state index is 14.4. The molecule has 32 heavy (non-hydrogen) atoms. The van der Waals surface area contributed by atoms with Gasteiger partial charge in [0.05, 0.1) is 12.3 Å². The van der Waals surface area contributed by atoms with Crippen molar-refractivity contribution in [1.29, 1.82) is 0 Å². The van der Waals surface area contributed by atoms with E-state index in [1.807, 2.05) is 0 Å². The molecule has 0 aliphatic heterocycles. The molecular weight excluding hydrogens is 450 g/mol. The summed E-state index contributed by atoms with van der Waals surface area (Å²) in [5.74, 6) is -1.38. The van der Waals surface area contributed by atoms with Crippen LogP contribution in [0.3, 0.4) is 0 Å². The molecule has 6 nitrogen and oxygen atoms in total. The first-order valence-corrected chi connectivity index (χ1v) is 10.1. The summed E-state index contributed by atoms with van der Waals surface area (Å²) in [6.45, 7) is -0.266. The van der Waals surface area contributed by atoms with E-state index < -0.39 is 24.5 Å². The van der Waals surface area contributed by atoms with Crippen molar-refractivity contribution < 1.29 is 31.9 Å². The van der Waals surface area contributed by atoms with Crippen molar-refractivity contribution >= 4 is 34.0 Å². The molecule has 0 fully saturated rings. The number of nitrogens with zero attached hydrogens (tertiary/aromatic N) is 1. The number of thiazole rings is 1. The summed E-state index contributed by atoms with van der Waals surface area (Å²) < 4.78 is 55.3. The zero-order chi connectivity index (χ0) is 23.3. The van der Waals surface area contributed by atoms with Gasteiger partial charge in [-0.15, -0.1) is 11.3 Å². The normalized spacial score (nSPS) is 11.3. The molecule has 0 unspecified atom stereocenters. The number of rotatable bonds is 7. The van der Waals surface area contributed by atoms with Gasteiger partial charge in [-0.25, -0.2) is 9.37 Å². The predicted molar refractivity (Wildman–Crippen MR) is 112 cm³/mol. The van der Waals surface area contributed by atoms with Crippen molar-refractivity contribution in [2.24, 2.45) is 0 Å². The monoisotopic (exact) mass is 467 g/mol. The van der Waals surface area contributed by atoms with Crippen LogP contribution >= 0.6 is 11.3 Å². The first-order chi connectivity index (χ1) is 15.1. The fraction of sp³-hybridized carbons (Fsp3) is 0.190. The van der Waals surface area contributed by atoms with Crippen LogP contribution in [0.15, 0.2) is 47.8 Å². The van der Waals surface area contributed by atoms with Gasteiger partial charge in [0.1, 0.15) is 12.4 Å². The largest absolute Gasteiger partial charge is 0.411 e. The summed E-state index contributed by atoms with van der Waals surface area (Å²) in [7, 11) is 0. The van der Waals surface area contributed by atoms with Crippen molar-refractivity contribution in [3.05, 3.63) is 64.8 Å². The maximum absolute atomic E-state index is 14.4. The number of carbonyl (C=O) groups is 2. The van der Waals surface area contributed by atoms with Gasteiger partial charge in [0.15, 0.2) is 5.13 Å². The Bertz CT molecular complexity index is 1110. The number of hydrogen-bond donors (Lipinski definition) is 2. The molecule has 2 aromatic carbocycles. The lowest BCUT2D eigenvalue weighted by Crippen LogP contribution is -2.16. The van der Waals surface area contributed by atoms with E-state index in [1.165, 1.54) is 49.4 Å². The fourth-order valence-electron chi connectivity index (χ4n) is 2.66. The third kappa shape index (κ3) is 6.59. The Morgan fingerprint density at radius 2 is 1.81 bits per heavy atom. The number of benzene rings is 2. The minimum atomic E-state index is -4.40. The van der Waals surface area contributed by atoms with Crippen molar-refractivity contribution in [3.63, 3.8) is 0 Å². The molecule has 168 valence electrons. The Labute approximate surface area is 184 Å². The fourth-order valence-corrected chi connectivity index (χ4v) is 3.37. The number of alkyl halides is 3. The van der Waals surface area contributed by atoms with E-state index in [9.17, 15) is 27.2 Å². The van der Waals surface area contributed by atoms with Crippen LogP contribution in [-0.2, 0) is 16.1 Å². The van der Waals surface area contributed by atoms with E-state index in [0.29, 0.717) is 16.9 Å². The Morgan fingerprint density at radius 3 is 2.44 bits per heavy atom. The molecule has 0 saturated heterocycles. The minimum absolute atomic E-state index is 0.207. The Hall–Kier alpha value is -3.31. The molecule has 0 radical (unpaired) electrons. The quantitative estimate of drug-likeness (QED) is 0.466. The molecule has 2 amide bonds. The second kappa shape index (κ2) is 9.88. The molecule has 0 atom stereocenters. The molecule has 1 heterocycles. The average Bonchev–Trinajstić information content (AvgIpc) is 3.15. The number of hydrogen-bond acceptors (Lipinski definition) is 5. The van der Waals surface area contributed by atoms with Gasteiger partial charge in [-0.05, 0) is 35.9 Å².